The van der Waals surface area contributed by atoms with E-state index in [4.69, 9.17) is 4.98 Å². The average Bonchev–Trinajstić information content (AvgIpc) is 3.31. The number of likely N-dealkylation sites (N-methyl/N-ethyl adjacent to an activating group) is 1. The Morgan fingerprint density at radius 1 is 1.32 bits per heavy atom. The summed E-state index contributed by atoms with van der Waals surface area (Å²) in [6.45, 7) is 2.10. The van der Waals surface area contributed by atoms with Gasteiger partial charge in [-0.3, -0.25) is 14.3 Å². The summed E-state index contributed by atoms with van der Waals surface area (Å²) < 4.78 is 2.45. The Bertz CT molecular complexity index is 1610. The van der Waals surface area contributed by atoms with Gasteiger partial charge in [-0.05, 0) is 46.3 Å². The molecule has 0 amide bonds. The van der Waals surface area contributed by atoms with Gasteiger partial charge >= 0.3 is 24.8 Å². The zero-order valence-corrected chi connectivity index (χ0v) is 22.1. The van der Waals surface area contributed by atoms with Crippen LogP contribution < -0.4 is 24.4 Å². The van der Waals surface area contributed by atoms with Crippen molar-refractivity contribution in [3.63, 3.8) is 0 Å². The van der Waals surface area contributed by atoms with Gasteiger partial charge in [0.15, 0.2) is 0 Å². The first kappa shape index (κ1) is 26.8. The predicted molar refractivity (Wildman–Crippen MR) is 140 cm³/mol. The summed E-state index contributed by atoms with van der Waals surface area (Å²) in [5.74, 6) is 6.06. The van der Waals surface area contributed by atoms with E-state index in [1.165, 1.54) is 11.3 Å². The largest absolute Gasteiger partial charge is 1.00 e. The maximum absolute atomic E-state index is 13.3. The molecule has 182 valence electrons. The Hall–Kier alpha value is -3.20. The number of aryl methyl sites for hydroxylation is 2. The van der Waals surface area contributed by atoms with Gasteiger partial charge in [0, 0.05) is 27.9 Å². The Kier molecular flexibility index (Phi) is 8.01. The van der Waals surface area contributed by atoms with Crippen molar-refractivity contribution in [1.82, 2.24) is 19.4 Å². The van der Waals surface area contributed by atoms with E-state index in [2.05, 4.69) is 27.8 Å². The molecule has 0 radical (unpaired) electrons. The van der Waals surface area contributed by atoms with Gasteiger partial charge in [0.2, 0.25) is 0 Å². The molecule has 1 unspecified atom stereocenters. The van der Waals surface area contributed by atoms with E-state index in [-0.39, 0.29) is 36.5 Å². The molecule has 0 aliphatic heterocycles. The molecule has 7 nitrogen and oxygen atoms in total. The normalized spacial score (nSPS) is 14.5. The Morgan fingerprint density at radius 3 is 2.89 bits per heavy atom. The molecular formula is C28H25LiN4O3S. The van der Waals surface area contributed by atoms with E-state index in [0.717, 1.165) is 45.5 Å². The van der Waals surface area contributed by atoms with Crippen molar-refractivity contribution in [2.24, 2.45) is 0 Å². The molecule has 0 saturated heterocycles. The molecule has 37 heavy (non-hydrogen) atoms. The number of fused-ring (bicyclic) bond motifs is 2. The minimum absolute atomic E-state index is 0. The summed E-state index contributed by atoms with van der Waals surface area (Å²) >= 11 is 1.35. The number of carboxylic acid groups (broad SMARTS) is 1. The zero-order chi connectivity index (χ0) is 25.4. The Labute approximate surface area is 231 Å². The number of benzene rings is 1. The van der Waals surface area contributed by atoms with Gasteiger partial charge in [-0.1, -0.05) is 23.0 Å². The molecule has 0 fully saturated rings. The average molecular weight is 505 g/mol. The van der Waals surface area contributed by atoms with Crippen molar-refractivity contribution in [2.75, 3.05) is 14.1 Å². The van der Waals surface area contributed by atoms with Crippen molar-refractivity contribution < 1.29 is 28.8 Å². The van der Waals surface area contributed by atoms with Crippen LogP contribution in [0.15, 0.2) is 40.6 Å². The summed E-state index contributed by atoms with van der Waals surface area (Å²) in [6.07, 6.45) is 4.14. The number of hydrogen-bond acceptors (Lipinski definition) is 6. The number of aromatic carboxylic acids is 1. The molecular weight excluding hydrogens is 479 g/mol. The molecule has 3 aromatic heterocycles. The van der Waals surface area contributed by atoms with Crippen LogP contribution in [0.2, 0.25) is 0 Å². The molecule has 0 saturated carbocycles. The fourth-order valence-electron chi connectivity index (χ4n) is 4.71. The van der Waals surface area contributed by atoms with Crippen LogP contribution in [0, 0.1) is 24.8 Å². The van der Waals surface area contributed by atoms with Gasteiger partial charge in [0.25, 0.3) is 5.56 Å². The van der Waals surface area contributed by atoms with Crippen LogP contribution in [0.1, 0.15) is 39.4 Å². The zero-order valence-electron chi connectivity index (χ0n) is 21.3. The summed E-state index contributed by atoms with van der Waals surface area (Å²) in [6, 6.07) is 10.8. The summed E-state index contributed by atoms with van der Waals surface area (Å²) in [7, 11) is 4.09. The summed E-state index contributed by atoms with van der Waals surface area (Å²) in [5, 5.41) is 11.1. The smallest absolute Gasteiger partial charge is 0.478 e. The second kappa shape index (κ2) is 11.0. The van der Waals surface area contributed by atoms with Crippen molar-refractivity contribution in [1.29, 1.82) is 0 Å². The molecule has 1 aliphatic rings. The van der Waals surface area contributed by atoms with Crippen molar-refractivity contribution in [3.8, 4) is 23.0 Å². The molecule has 0 spiro atoms. The van der Waals surface area contributed by atoms with Gasteiger partial charge < -0.3 is 10.0 Å². The number of nitrogens with zero attached hydrogens (tertiary/aromatic N) is 4. The monoisotopic (exact) mass is 504 g/mol. The number of carbonyl (C=O) groups is 1. The maximum atomic E-state index is 13.3. The van der Waals surface area contributed by atoms with Crippen LogP contribution in [0.3, 0.4) is 0 Å². The van der Waals surface area contributed by atoms with Gasteiger partial charge in [-0.25, -0.2) is 9.78 Å². The van der Waals surface area contributed by atoms with E-state index >= 15 is 0 Å². The van der Waals surface area contributed by atoms with Crippen LogP contribution >= 0.6 is 11.3 Å². The van der Waals surface area contributed by atoms with Crippen LogP contribution in [0.5, 0.6) is 0 Å². The van der Waals surface area contributed by atoms with Gasteiger partial charge in [-0.15, -0.1) is 16.9 Å². The SMILES string of the molecule is Cc1nc2c(c(=O)n1CC#Cc1cc[c-]cc1-c1ccnc3c(C(=O)O)csc13)CC(N(C)C)CC2.[Li+]. The van der Waals surface area contributed by atoms with Gasteiger partial charge in [0.05, 0.1) is 23.3 Å². The first-order valence-corrected chi connectivity index (χ1v) is 12.6. The summed E-state index contributed by atoms with van der Waals surface area (Å²) in [5.41, 5.74) is 4.84. The Morgan fingerprint density at radius 2 is 2.14 bits per heavy atom. The molecule has 9 heteroatoms. The minimum atomic E-state index is -0.998. The summed E-state index contributed by atoms with van der Waals surface area (Å²) in [4.78, 5) is 36.1. The molecule has 5 rings (SSSR count). The molecule has 1 aromatic carbocycles. The molecule has 1 aliphatic carbocycles. The number of aromatic nitrogens is 3. The first-order chi connectivity index (χ1) is 17.3. The van der Waals surface area contributed by atoms with Gasteiger partial charge in [-0.2, -0.15) is 24.3 Å². The van der Waals surface area contributed by atoms with Crippen LogP contribution in [0.4, 0.5) is 0 Å². The van der Waals surface area contributed by atoms with Crippen molar-refractivity contribution >= 4 is 27.5 Å². The molecule has 0 bridgehead atoms. The third kappa shape index (κ3) is 5.14. The minimum Gasteiger partial charge on any atom is -0.478 e. The van der Waals surface area contributed by atoms with Crippen LogP contribution in [0.25, 0.3) is 21.3 Å². The fraction of sp³-hybridized carbons (Fsp3) is 0.286. The number of thiophene rings is 1. The van der Waals surface area contributed by atoms with Crippen molar-refractivity contribution in [3.05, 3.63) is 80.5 Å². The third-order valence-corrected chi connectivity index (χ3v) is 7.73. The number of carboxylic acids is 1. The van der Waals surface area contributed by atoms with Crippen LogP contribution in [-0.2, 0) is 19.4 Å². The first-order valence-electron chi connectivity index (χ1n) is 11.7. The molecule has 3 heterocycles. The maximum Gasteiger partial charge on any atom is 1.00 e. The van der Waals surface area contributed by atoms with E-state index < -0.39 is 5.97 Å². The molecule has 4 aromatic rings. The number of rotatable bonds is 4. The van der Waals surface area contributed by atoms with E-state index in [1.807, 2.05) is 39.2 Å². The fourth-order valence-corrected chi connectivity index (χ4v) is 5.74. The quantitative estimate of drug-likeness (QED) is 0.251. The topological polar surface area (TPSA) is 88.3 Å². The second-order valence-corrected chi connectivity index (χ2v) is 9.98. The third-order valence-electron chi connectivity index (χ3n) is 6.72. The van der Waals surface area contributed by atoms with Crippen LogP contribution in [-0.4, -0.2) is 50.6 Å². The Balaban J connectivity index is 0.00000320. The molecule has 1 N–H and O–H groups in total. The second-order valence-electron chi connectivity index (χ2n) is 9.10. The number of hydrogen-bond donors (Lipinski definition) is 1. The van der Waals surface area contributed by atoms with E-state index in [9.17, 15) is 14.7 Å². The predicted octanol–water partition coefficient (Wildman–Crippen LogP) is 0.801. The van der Waals surface area contributed by atoms with Crippen molar-refractivity contribution in [2.45, 2.75) is 38.8 Å². The molecule has 1 atom stereocenters. The van der Waals surface area contributed by atoms with E-state index in [1.54, 1.807) is 22.2 Å². The standard InChI is InChI=1S/C28H25N4O3S.Li/c1-17-30-24-11-10-19(31(2)3)15-22(24)27(33)32(17)14-6-8-18-7-4-5-9-20(18)21-12-13-29-25-23(28(34)35)16-36-26(21)25;/h4,7,9,12-13,16,19H,10-11,14-15H2,1-3H3,(H,34,35);/q-1;+1. The number of pyridine rings is 1. The van der Waals surface area contributed by atoms with Gasteiger partial charge in [0.1, 0.15) is 5.82 Å². The van der Waals surface area contributed by atoms with E-state index in [0.29, 0.717) is 23.8 Å².